The molecule has 0 atom stereocenters. The van der Waals surface area contributed by atoms with Crippen molar-refractivity contribution in [1.29, 1.82) is 5.26 Å². The topological polar surface area (TPSA) is 97.1 Å². The molecule has 0 radical (unpaired) electrons. The standard InChI is InChI=1S/C20H24N4O3S/c1-12(2)19-23-24-20(28-19)18(25)22-14-5-8-15(9-6-14)27-16-7-4-13(11-21)17(10-16)26-3/h4,7,10,12,14-15H,5-6,8-9H2,1-3H3,(H,22,25). The second-order valence-corrected chi connectivity index (χ2v) is 8.15. The first-order valence-electron chi connectivity index (χ1n) is 9.39. The van der Waals surface area contributed by atoms with Crippen molar-refractivity contribution in [1.82, 2.24) is 15.5 Å². The monoisotopic (exact) mass is 400 g/mol. The summed E-state index contributed by atoms with van der Waals surface area (Å²) in [4.78, 5) is 12.4. The highest BCUT2D eigenvalue weighted by molar-refractivity contribution is 7.13. The molecule has 1 fully saturated rings. The number of hydrogen-bond acceptors (Lipinski definition) is 7. The number of hydrogen-bond donors (Lipinski definition) is 1. The van der Waals surface area contributed by atoms with E-state index in [1.165, 1.54) is 18.4 Å². The zero-order valence-corrected chi connectivity index (χ0v) is 17.1. The van der Waals surface area contributed by atoms with E-state index >= 15 is 0 Å². The van der Waals surface area contributed by atoms with Crippen molar-refractivity contribution in [3.8, 4) is 17.6 Å². The van der Waals surface area contributed by atoms with Crippen LogP contribution in [0, 0.1) is 11.3 Å². The number of methoxy groups -OCH3 is 1. The van der Waals surface area contributed by atoms with Gasteiger partial charge in [0.1, 0.15) is 22.6 Å². The Morgan fingerprint density at radius 2 is 2.04 bits per heavy atom. The summed E-state index contributed by atoms with van der Waals surface area (Å²) in [5.74, 6) is 1.33. The Bertz CT molecular complexity index is 867. The van der Waals surface area contributed by atoms with E-state index in [1.54, 1.807) is 18.2 Å². The lowest BCUT2D eigenvalue weighted by atomic mass is 9.93. The van der Waals surface area contributed by atoms with Crippen LogP contribution in [0.4, 0.5) is 0 Å². The van der Waals surface area contributed by atoms with Gasteiger partial charge < -0.3 is 14.8 Å². The lowest BCUT2D eigenvalue weighted by molar-refractivity contribution is 0.0892. The lowest BCUT2D eigenvalue weighted by Crippen LogP contribution is -2.39. The third-order valence-electron chi connectivity index (χ3n) is 4.73. The summed E-state index contributed by atoms with van der Waals surface area (Å²) in [7, 11) is 1.54. The maximum Gasteiger partial charge on any atom is 0.282 e. The minimum absolute atomic E-state index is 0.0832. The first-order valence-corrected chi connectivity index (χ1v) is 10.2. The minimum atomic E-state index is -0.148. The van der Waals surface area contributed by atoms with Crippen molar-refractivity contribution >= 4 is 17.2 Å². The van der Waals surface area contributed by atoms with Crippen molar-refractivity contribution in [3.05, 3.63) is 33.8 Å². The Hall–Kier alpha value is -2.66. The van der Waals surface area contributed by atoms with E-state index in [4.69, 9.17) is 14.7 Å². The van der Waals surface area contributed by atoms with E-state index in [2.05, 4.69) is 21.6 Å². The highest BCUT2D eigenvalue weighted by Crippen LogP contribution is 2.28. The van der Waals surface area contributed by atoms with Crippen LogP contribution in [0.3, 0.4) is 0 Å². The van der Waals surface area contributed by atoms with E-state index in [-0.39, 0.29) is 24.0 Å². The first kappa shape index (κ1) is 20.1. The number of ether oxygens (including phenoxy) is 2. The Labute approximate surface area is 168 Å². The number of aromatic nitrogens is 2. The summed E-state index contributed by atoms with van der Waals surface area (Å²) in [6, 6.07) is 7.45. The predicted octanol–water partition coefficient (Wildman–Crippen LogP) is 3.66. The van der Waals surface area contributed by atoms with Crippen molar-refractivity contribution < 1.29 is 14.3 Å². The number of benzene rings is 1. The smallest absolute Gasteiger partial charge is 0.282 e. The van der Waals surface area contributed by atoms with E-state index in [9.17, 15) is 4.79 Å². The normalized spacial score (nSPS) is 19.1. The molecular weight excluding hydrogens is 376 g/mol. The second-order valence-electron chi connectivity index (χ2n) is 7.14. The quantitative estimate of drug-likeness (QED) is 0.795. The fourth-order valence-electron chi connectivity index (χ4n) is 3.16. The van der Waals surface area contributed by atoms with Gasteiger partial charge in [0, 0.05) is 18.0 Å². The molecule has 1 aliphatic rings. The molecule has 0 unspecified atom stereocenters. The first-order chi connectivity index (χ1) is 13.5. The SMILES string of the molecule is COc1cc(OC2CCC(NC(=O)c3nnc(C(C)C)s3)CC2)ccc1C#N. The molecule has 0 saturated heterocycles. The van der Waals surface area contributed by atoms with Gasteiger partial charge in [-0.2, -0.15) is 5.26 Å². The number of nitrogens with zero attached hydrogens (tertiary/aromatic N) is 3. The van der Waals surface area contributed by atoms with Crippen LogP contribution in [0.5, 0.6) is 11.5 Å². The Kier molecular flexibility index (Phi) is 6.47. The molecule has 1 aromatic heterocycles. The molecule has 0 bridgehead atoms. The highest BCUT2D eigenvalue weighted by atomic mass is 32.1. The fourth-order valence-corrected chi connectivity index (χ4v) is 3.91. The number of nitrogens with one attached hydrogen (secondary N) is 1. The van der Waals surface area contributed by atoms with E-state index in [1.807, 2.05) is 13.8 Å². The van der Waals surface area contributed by atoms with Gasteiger partial charge >= 0.3 is 0 Å². The van der Waals surface area contributed by atoms with Gasteiger partial charge in [0.15, 0.2) is 0 Å². The summed E-state index contributed by atoms with van der Waals surface area (Å²) in [5.41, 5.74) is 0.485. The molecule has 1 amide bonds. The van der Waals surface area contributed by atoms with Crippen LogP contribution in [0.1, 0.15) is 65.8 Å². The van der Waals surface area contributed by atoms with Crippen LogP contribution in [0.15, 0.2) is 18.2 Å². The molecule has 1 aliphatic carbocycles. The number of nitriles is 1. The number of carbonyl (C=O) groups is 1. The number of rotatable bonds is 6. The largest absolute Gasteiger partial charge is 0.495 e. The van der Waals surface area contributed by atoms with Crippen molar-refractivity contribution in [2.45, 2.75) is 57.6 Å². The Balaban J connectivity index is 1.50. The average molecular weight is 401 g/mol. The molecule has 1 aromatic carbocycles. The van der Waals surface area contributed by atoms with Crippen LogP contribution in [-0.4, -0.2) is 35.4 Å². The van der Waals surface area contributed by atoms with Crippen molar-refractivity contribution in [2.75, 3.05) is 7.11 Å². The molecule has 8 heteroatoms. The zero-order valence-electron chi connectivity index (χ0n) is 16.3. The molecule has 7 nitrogen and oxygen atoms in total. The predicted molar refractivity (Wildman–Crippen MR) is 106 cm³/mol. The summed E-state index contributed by atoms with van der Waals surface area (Å²) in [5, 5.41) is 21.5. The van der Waals surface area contributed by atoms with Gasteiger partial charge in [0.2, 0.25) is 5.01 Å². The van der Waals surface area contributed by atoms with Crippen molar-refractivity contribution in [2.24, 2.45) is 0 Å². The maximum absolute atomic E-state index is 12.4. The van der Waals surface area contributed by atoms with Gasteiger partial charge in [-0.1, -0.05) is 25.2 Å². The summed E-state index contributed by atoms with van der Waals surface area (Å²) >= 11 is 1.35. The van der Waals surface area contributed by atoms with Gasteiger partial charge in [0.05, 0.1) is 18.8 Å². The van der Waals surface area contributed by atoms with Crippen molar-refractivity contribution in [3.63, 3.8) is 0 Å². The molecule has 1 heterocycles. The highest BCUT2D eigenvalue weighted by Gasteiger charge is 2.25. The van der Waals surface area contributed by atoms with Crippen LogP contribution >= 0.6 is 11.3 Å². The number of carbonyl (C=O) groups excluding carboxylic acids is 1. The molecule has 28 heavy (non-hydrogen) atoms. The third-order valence-corrected chi connectivity index (χ3v) is 5.96. The van der Waals surface area contributed by atoms with E-state index in [0.29, 0.717) is 22.1 Å². The Morgan fingerprint density at radius 3 is 2.64 bits per heavy atom. The van der Waals surface area contributed by atoms with Gasteiger partial charge in [0.25, 0.3) is 5.91 Å². The molecular formula is C20H24N4O3S. The fraction of sp³-hybridized carbons (Fsp3) is 0.500. The molecule has 2 aromatic rings. The van der Waals surface area contributed by atoms with Gasteiger partial charge in [-0.15, -0.1) is 10.2 Å². The molecule has 3 rings (SSSR count). The molecule has 1 saturated carbocycles. The van der Waals surface area contributed by atoms with Crippen LogP contribution in [-0.2, 0) is 0 Å². The summed E-state index contributed by atoms with van der Waals surface area (Å²) in [6.45, 7) is 4.07. The van der Waals surface area contributed by atoms with Gasteiger partial charge in [-0.05, 0) is 37.8 Å². The molecule has 148 valence electrons. The van der Waals surface area contributed by atoms with Crippen LogP contribution < -0.4 is 14.8 Å². The van der Waals surface area contributed by atoms with Crippen LogP contribution in [0.2, 0.25) is 0 Å². The van der Waals surface area contributed by atoms with Gasteiger partial charge in [-0.3, -0.25) is 4.79 Å². The zero-order chi connectivity index (χ0) is 20.1. The lowest BCUT2D eigenvalue weighted by Gasteiger charge is -2.29. The van der Waals surface area contributed by atoms with Gasteiger partial charge in [-0.25, -0.2) is 0 Å². The minimum Gasteiger partial charge on any atom is -0.495 e. The average Bonchev–Trinajstić information content (AvgIpc) is 3.20. The van der Waals surface area contributed by atoms with E-state index < -0.39 is 0 Å². The Morgan fingerprint density at radius 1 is 1.29 bits per heavy atom. The van der Waals surface area contributed by atoms with Crippen LogP contribution in [0.25, 0.3) is 0 Å². The molecule has 1 N–H and O–H groups in total. The molecule has 0 spiro atoms. The third kappa shape index (κ3) is 4.78. The number of amides is 1. The van der Waals surface area contributed by atoms with E-state index in [0.717, 1.165) is 30.7 Å². The second kappa shape index (κ2) is 9.02. The summed E-state index contributed by atoms with van der Waals surface area (Å²) in [6.07, 6.45) is 3.47. The maximum atomic E-state index is 12.4. The molecule has 0 aliphatic heterocycles. The summed E-state index contributed by atoms with van der Waals surface area (Å²) < 4.78 is 11.3.